The third-order valence-electron chi connectivity index (χ3n) is 12.2. The number of alkyl halides is 1. The van der Waals surface area contributed by atoms with E-state index in [1.54, 1.807) is 0 Å². The predicted octanol–water partition coefficient (Wildman–Crippen LogP) is 13.0. The molecule has 302 valence electrons. The van der Waals surface area contributed by atoms with Crippen LogP contribution in [0.3, 0.4) is 0 Å². The van der Waals surface area contributed by atoms with Crippen molar-refractivity contribution in [2.45, 2.75) is 46.9 Å². The Kier molecular flexibility index (Phi) is 11.9. The van der Waals surface area contributed by atoms with Crippen LogP contribution in [-0.2, 0) is 19.5 Å². The zero-order chi connectivity index (χ0) is 41.0. The summed E-state index contributed by atoms with van der Waals surface area (Å²) < 4.78 is 0. The van der Waals surface area contributed by atoms with Crippen molar-refractivity contribution in [2.24, 2.45) is 0 Å². The standard InChI is InChI=1S/C54H49Cl2N2P.Ru/c1-35-30-37(3)52(38(4)31-35)57-28-29-58(53-39(5)32-36(2)33-40(53)6)54(57)46-26-27-48(51(56)50(46)55)59(42-20-12-8-13-21-42,43-22-14-9-15-23-43)49-34-47(41-18-10-7-11-19-41)44-24-16-17-25-45(44)49;/h7-27,30-34,50H,28-29H2,1-6H3;. The Balaban J connectivity index is 0.00000499. The first-order valence-electron chi connectivity index (χ1n) is 20.5. The molecule has 1 saturated heterocycles. The Morgan fingerprint density at radius 2 is 0.983 bits per heavy atom. The summed E-state index contributed by atoms with van der Waals surface area (Å²) in [5.74, 6) is 1.09. The molecule has 6 aromatic rings. The molecule has 60 heavy (non-hydrogen) atoms. The van der Waals surface area contributed by atoms with Crippen molar-refractivity contribution in [3.63, 3.8) is 0 Å². The fourth-order valence-corrected chi connectivity index (χ4v) is 15.5. The normalized spacial score (nSPS) is 16.4. The summed E-state index contributed by atoms with van der Waals surface area (Å²) in [5.41, 5.74) is 15.9. The molecule has 0 spiro atoms. The van der Waals surface area contributed by atoms with Gasteiger partial charge in [0, 0.05) is 59.9 Å². The Hall–Kier alpha value is -4.62. The molecule has 1 fully saturated rings. The molecule has 9 rings (SSSR count). The number of benzene rings is 6. The van der Waals surface area contributed by atoms with Gasteiger partial charge in [-0.05, 0) is 115 Å². The zero-order valence-corrected chi connectivity index (χ0v) is 39.1. The molecule has 6 aromatic carbocycles. The van der Waals surface area contributed by atoms with Crippen LogP contribution < -0.4 is 20.4 Å². The van der Waals surface area contributed by atoms with E-state index in [4.69, 9.17) is 23.2 Å². The maximum atomic E-state index is 8.02. The molecule has 1 aliphatic heterocycles. The van der Waals surface area contributed by atoms with E-state index in [0.717, 1.165) is 29.8 Å². The minimum atomic E-state index is -2.69. The van der Waals surface area contributed by atoms with Crippen molar-refractivity contribution < 1.29 is 19.5 Å². The van der Waals surface area contributed by atoms with Crippen LogP contribution in [-0.4, -0.2) is 23.8 Å². The van der Waals surface area contributed by atoms with E-state index >= 15 is 0 Å². The molecule has 1 atom stereocenters. The van der Waals surface area contributed by atoms with Gasteiger partial charge in [0.15, 0.2) is 0 Å². The number of halogens is 2. The summed E-state index contributed by atoms with van der Waals surface area (Å²) >= 11 is 16.0. The van der Waals surface area contributed by atoms with Crippen LogP contribution >= 0.6 is 30.1 Å². The van der Waals surface area contributed by atoms with Gasteiger partial charge in [-0.2, -0.15) is 0 Å². The SMILES string of the molecule is Cc1cc(C)c(N2CCN(c3c(C)cc(C)cc3C)C2=C2C=CC(P(=C3C=C(c4ccccc4)c4ccccc43)(c3ccccc3)c3ccccc3)=C(Cl)C2Cl)c(C)c1.[Ru]. The molecule has 1 unspecified atom stereocenters. The third-order valence-corrected chi connectivity index (χ3v) is 17.6. The summed E-state index contributed by atoms with van der Waals surface area (Å²) in [7, 11) is 0. The van der Waals surface area contributed by atoms with Crippen LogP contribution in [0.4, 0.5) is 11.4 Å². The number of rotatable bonds is 6. The molecule has 1 heterocycles. The van der Waals surface area contributed by atoms with E-state index in [0.29, 0.717) is 5.03 Å². The molecule has 0 bridgehead atoms. The van der Waals surface area contributed by atoms with Crippen molar-refractivity contribution in [1.82, 2.24) is 0 Å². The molecule has 3 aliphatic rings. The number of fused-ring (bicyclic) bond motifs is 1. The molecular formula is C54H49Cl2N2PRu. The van der Waals surface area contributed by atoms with Crippen LogP contribution in [0, 0.1) is 41.5 Å². The molecule has 0 N–H and O–H groups in total. The molecule has 0 aromatic heterocycles. The van der Waals surface area contributed by atoms with Crippen molar-refractivity contribution in [1.29, 1.82) is 0 Å². The number of hydrogen-bond acceptors (Lipinski definition) is 2. The summed E-state index contributed by atoms with van der Waals surface area (Å²) in [6, 6.07) is 50.8. The van der Waals surface area contributed by atoms with E-state index in [1.807, 2.05) is 0 Å². The molecule has 0 amide bonds. The van der Waals surface area contributed by atoms with Crippen LogP contribution in [0.2, 0.25) is 0 Å². The largest absolute Gasteiger partial charge is 0.325 e. The van der Waals surface area contributed by atoms with Gasteiger partial charge in [0.1, 0.15) is 5.82 Å². The van der Waals surface area contributed by atoms with E-state index in [9.17, 15) is 0 Å². The van der Waals surface area contributed by atoms with Gasteiger partial charge < -0.3 is 9.80 Å². The minimum absolute atomic E-state index is 0. The molecule has 2 aliphatic carbocycles. The van der Waals surface area contributed by atoms with E-state index in [2.05, 4.69) is 209 Å². The second-order valence-electron chi connectivity index (χ2n) is 16.2. The van der Waals surface area contributed by atoms with Crippen molar-refractivity contribution in [3.05, 3.63) is 230 Å². The van der Waals surface area contributed by atoms with Crippen LogP contribution in [0.15, 0.2) is 179 Å². The first-order chi connectivity index (χ1) is 28.6. The topological polar surface area (TPSA) is 6.48 Å². The fourth-order valence-electron chi connectivity index (χ4n) is 10.1. The summed E-state index contributed by atoms with van der Waals surface area (Å²) in [4.78, 5) is 5.00. The Bertz CT molecular complexity index is 2660. The van der Waals surface area contributed by atoms with Crippen LogP contribution in [0.25, 0.3) is 5.57 Å². The first-order valence-corrected chi connectivity index (χ1v) is 23.1. The second kappa shape index (κ2) is 17.0. The van der Waals surface area contributed by atoms with E-state index in [1.165, 1.54) is 82.9 Å². The minimum Gasteiger partial charge on any atom is -0.325 e. The van der Waals surface area contributed by atoms with Crippen molar-refractivity contribution in [2.75, 3.05) is 22.9 Å². The molecule has 0 radical (unpaired) electrons. The van der Waals surface area contributed by atoms with Gasteiger partial charge in [-0.3, -0.25) is 0 Å². The average Bonchev–Trinajstić information content (AvgIpc) is 3.83. The van der Waals surface area contributed by atoms with Gasteiger partial charge in [-0.25, -0.2) is 0 Å². The monoisotopic (exact) mass is 928 g/mol. The van der Waals surface area contributed by atoms with Gasteiger partial charge in [0.05, 0.1) is 5.38 Å². The van der Waals surface area contributed by atoms with Gasteiger partial charge in [-0.1, -0.05) is 174 Å². The van der Waals surface area contributed by atoms with Gasteiger partial charge in [0.2, 0.25) is 0 Å². The van der Waals surface area contributed by atoms with Gasteiger partial charge in [-0.15, -0.1) is 11.6 Å². The number of hydrogen-bond donors (Lipinski definition) is 0. The number of nitrogens with zero attached hydrogens (tertiary/aromatic N) is 2. The maximum Gasteiger partial charge on any atom is 0.118 e. The van der Waals surface area contributed by atoms with E-state index in [-0.39, 0.29) is 19.5 Å². The van der Waals surface area contributed by atoms with Gasteiger partial charge in [0.25, 0.3) is 0 Å². The molecule has 2 nitrogen and oxygen atoms in total. The molecular weight excluding hydrogens is 880 g/mol. The molecule has 6 heteroatoms. The average molecular weight is 929 g/mol. The van der Waals surface area contributed by atoms with E-state index < -0.39 is 12.3 Å². The second-order valence-corrected chi connectivity index (χ2v) is 20.4. The number of aryl methyl sites for hydroxylation is 6. The van der Waals surface area contributed by atoms with Gasteiger partial charge >= 0.3 is 0 Å². The quantitative estimate of drug-likeness (QED) is 0.0933. The third kappa shape index (κ3) is 7.03. The zero-order valence-electron chi connectivity index (χ0n) is 35.0. The van der Waals surface area contributed by atoms with Crippen molar-refractivity contribution in [3.8, 4) is 0 Å². The van der Waals surface area contributed by atoms with Crippen LogP contribution in [0.1, 0.15) is 50.1 Å². The molecule has 0 saturated carbocycles. The Labute approximate surface area is 379 Å². The maximum absolute atomic E-state index is 8.02. The van der Waals surface area contributed by atoms with Crippen molar-refractivity contribution >= 4 is 62.9 Å². The number of allylic oxidation sites excluding steroid dienone is 6. The first kappa shape index (κ1) is 42.1. The Morgan fingerprint density at radius 1 is 0.550 bits per heavy atom. The summed E-state index contributed by atoms with van der Waals surface area (Å²) in [6.07, 6.45) is 7.06. The summed E-state index contributed by atoms with van der Waals surface area (Å²) in [5, 5.41) is 4.90. The predicted molar refractivity (Wildman–Crippen MR) is 258 cm³/mol. The summed E-state index contributed by atoms with van der Waals surface area (Å²) in [6.45, 7) is 12.2. The fraction of sp³-hybridized carbons (Fsp3) is 0.167. The smallest absolute Gasteiger partial charge is 0.118 e. The van der Waals surface area contributed by atoms with Crippen LogP contribution in [0.5, 0.6) is 0 Å². The number of anilines is 2. The Morgan fingerprint density at radius 3 is 1.47 bits per heavy atom.